The molecule has 0 bridgehead atoms. The molecule has 0 N–H and O–H groups in total. The second-order valence-corrected chi connectivity index (χ2v) is 6.04. The molecule has 0 amide bonds. The molecule has 0 saturated carbocycles. The minimum atomic E-state index is -3.93. The van der Waals surface area contributed by atoms with Crippen molar-refractivity contribution in [3.63, 3.8) is 0 Å². The van der Waals surface area contributed by atoms with Gasteiger partial charge in [0.2, 0.25) is 0 Å². The fourth-order valence-corrected chi connectivity index (χ4v) is 3.43. The van der Waals surface area contributed by atoms with Crippen LogP contribution >= 0.6 is 15.9 Å². The van der Waals surface area contributed by atoms with Gasteiger partial charge in [0.25, 0.3) is 0 Å². The Labute approximate surface area is 133 Å². The number of fused-ring (bicyclic) bond motifs is 2. The van der Waals surface area contributed by atoms with Crippen LogP contribution in [0.2, 0.25) is 0 Å². The van der Waals surface area contributed by atoms with Crippen LogP contribution in [0.1, 0.15) is 11.3 Å². The zero-order chi connectivity index (χ0) is 15.5. The predicted molar refractivity (Wildman–Crippen MR) is 83.4 cm³/mol. The largest absolute Gasteiger partial charge is 0.737 e. The van der Waals surface area contributed by atoms with Gasteiger partial charge in [0.05, 0.1) is 5.57 Å². The molecule has 0 atom stereocenters. The molecule has 7 heteroatoms. The van der Waals surface area contributed by atoms with E-state index in [1.807, 2.05) is 0 Å². The molecule has 2 aromatic rings. The van der Waals surface area contributed by atoms with Gasteiger partial charge in [-0.3, -0.25) is 0 Å². The molecule has 0 saturated heterocycles. The molecule has 2 aliphatic heterocycles. The highest BCUT2D eigenvalue weighted by atomic mass is 79.9. The van der Waals surface area contributed by atoms with Gasteiger partial charge in [-0.2, -0.15) is 0 Å². The lowest BCUT2D eigenvalue weighted by Crippen LogP contribution is -2.49. The average Bonchev–Trinajstić information content (AvgIpc) is 3.12. The van der Waals surface area contributed by atoms with Crippen LogP contribution in [-0.4, -0.2) is 22.1 Å². The van der Waals surface area contributed by atoms with Crippen molar-refractivity contribution in [3.05, 3.63) is 75.9 Å². The summed E-state index contributed by atoms with van der Waals surface area (Å²) in [4.78, 5) is 0. The lowest BCUT2D eigenvalue weighted by atomic mass is 9.86. The van der Waals surface area contributed by atoms with E-state index in [0.29, 0.717) is 27.0 Å². The molecule has 2 nitrogen and oxygen atoms in total. The molecule has 0 aliphatic carbocycles. The van der Waals surface area contributed by atoms with Gasteiger partial charge in [-0.25, -0.2) is 4.39 Å². The van der Waals surface area contributed by atoms with Crippen LogP contribution in [0.4, 0.5) is 13.0 Å². The van der Waals surface area contributed by atoms with Gasteiger partial charge >= 0.3 is 6.97 Å². The van der Waals surface area contributed by atoms with Crippen molar-refractivity contribution in [2.24, 2.45) is 0 Å². The summed E-state index contributed by atoms with van der Waals surface area (Å²) in [6, 6.07) is 7.46. The van der Waals surface area contributed by atoms with E-state index < -0.39 is 12.8 Å². The maximum Gasteiger partial charge on any atom is 0.737 e. The zero-order valence-electron chi connectivity index (χ0n) is 11.2. The first kappa shape index (κ1) is 13.6. The Balaban J connectivity index is 2.09. The van der Waals surface area contributed by atoms with E-state index in [2.05, 4.69) is 15.9 Å². The van der Waals surface area contributed by atoms with Crippen LogP contribution in [0.15, 0.2) is 58.9 Å². The summed E-state index contributed by atoms with van der Waals surface area (Å²) in [5, 5.41) is 0. The number of allylic oxidation sites excluding steroid dienone is 2. The van der Waals surface area contributed by atoms with E-state index in [-0.39, 0.29) is 0 Å². The Hall–Kier alpha value is -2.02. The third-order valence-corrected chi connectivity index (χ3v) is 4.63. The standard InChI is InChI=1S/C15H9BBrF3N2/c17-12-6-5-10(18)9-11(12)15-13-3-1-7-21(13)16(19,20)22-8-2-4-14(15)22/h1-9H. The molecule has 0 unspecified atom stereocenters. The van der Waals surface area contributed by atoms with Crippen molar-refractivity contribution in [3.8, 4) is 0 Å². The van der Waals surface area contributed by atoms with Gasteiger partial charge < -0.3 is 17.6 Å². The van der Waals surface area contributed by atoms with E-state index in [9.17, 15) is 13.0 Å². The van der Waals surface area contributed by atoms with Gasteiger partial charge in [0.15, 0.2) is 5.70 Å². The molecule has 2 aliphatic rings. The third kappa shape index (κ3) is 1.72. The van der Waals surface area contributed by atoms with E-state index in [0.717, 1.165) is 8.96 Å². The first-order valence-corrected chi connectivity index (χ1v) is 7.49. The summed E-state index contributed by atoms with van der Waals surface area (Å²) >= 11 is 3.39. The fraction of sp³-hybridized carbons (Fsp3) is 0. The SMILES string of the molecule is Fc1ccc(Br)c(C2=C3C=CC=[N+]3[B-](F)(F)n3cccc32)c1. The van der Waals surface area contributed by atoms with E-state index >= 15 is 0 Å². The number of benzene rings is 1. The summed E-state index contributed by atoms with van der Waals surface area (Å²) in [6.07, 6.45) is 5.90. The number of nitrogens with zero attached hydrogens (tertiary/aromatic N) is 2. The number of rotatable bonds is 1. The molecule has 1 aromatic heterocycles. The average molecular weight is 365 g/mol. The predicted octanol–water partition coefficient (Wildman–Crippen LogP) is 4.04. The number of halogens is 4. The lowest BCUT2D eigenvalue weighted by Gasteiger charge is -2.31. The molecule has 0 fully saturated rings. The third-order valence-electron chi connectivity index (χ3n) is 3.94. The van der Waals surface area contributed by atoms with Crippen LogP contribution in [0, 0.1) is 5.82 Å². The minimum absolute atomic E-state index is 0.377. The van der Waals surface area contributed by atoms with E-state index in [4.69, 9.17) is 0 Å². The van der Waals surface area contributed by atoms with Gasteiger partial charge in [-0.15, -0.1) is 0 Å². The molecule has 0 radical (unpaired) electrons. The minimum Gasteiger partial charge on any atom is -0.396 e. The highest BCUT2D eigenvalue weighted by molar-refractivity contribution is 9.10. The highest BCUT2D eigenvalue weighted by Gasteiger charge is 2.51. The molecule has 0 spiro atoms. The van der Waals surface area contributed by atoms with Crippen molar-refractivity contribution in [1.29, 1.82) is 0 Å². The normalized spacial score (nSPS) is 18.3. The molecule has 1 aromatic carbocycles. The molecule has 22 heavy (non-hydrogen) atoms. The van der Waals surface area contributed by atoms with Crippen molar-refractivity contribution in [1.82, 2.24) is 4.48 Å². The number of aromatic nitrogens is 1. The first-order valence-electron chi connectivity index (χ1n) is 6.69. The summed E-state index contributed by atoms with van der Waals surface area (Å²) in [7, 11) is 0. The van der Waals surface area contributed by atoms with Crippen LogP contribution in [0.25, 0.3) is 5.57 Å². The molecule has 4 rings (SSSR count). The van der Waals surface area contributed by atoms with Gasteiger partial charge in [0, 0.05) is 27.9 Å². The Morgan fingerprint density at radius 1 is 1.18 bits per heavy atom. The fourth-order valence-electron chi connectivity index (χ4n) is 2.98. The van der Waals surface area contributed by atoms with Crippen molar-refractivity contribution >= 4 is 34.7 Å². The highest BCUT2D eigenvalue weighted by Crippen LogP contribution is 2.40. The Morgan fingerprint density at radius 2 is 2.00 bits per heavy atom. The van der Waals surface area contributed by atoms with Gasteiger partial charge in [0.1, 0.15) is 12.0 Å². The van der Waals surface area contributed by atoms with E-state index in [1.54, 1.807) is 30.4 Å². The van der Waals surface area contributed by atoms with Crippen LogP contribution in [0.5, 0.6) is 0 Å². The van der Waals surface area contributed by atoms with Crippen molar-refractivity contribution in [2.75, 3.05) is 0 Å². The van der Waals surface area contributed by atoms with Crippen LogP contribution in [0.3, 0.4) is 0 Å². The van der Waals surface area contributed by atoms with Crippen LogP contribution in [-0.2, 0) is 0 Å². The second-order valence-electron chi connectivity index (χ2n) is 5.19. The quantitative estimate of drug-likeness (QED) is 0.675. The first-order chi connectivity index (χ1) is 10.5. The molecular formula is C15H9BBrF3N2. The zero-order valence-corrected chi connectivity index (χ0v) is 12.8. The lowest BCUT2D eigenvalue weighted by molar-refractivity contribution is -0.356. The van der Waals surface area contributed by atoms with Crippen molar-refractivity contribution in [2.45, 2.75) is 0 Å². The monoisotopic (exact) mass is 364 g/mol. The van der Waals surface area contributed by atoms with Crippen LogP contribution < -0.4 is 0 Å². The van der Waals surface area contributed by atoms with Crippen molar-refractivity contribution < 1.29 is 17.5 Å². The number of hydrogen-bond acceptors (Lipinski definition) is 0. The Kier molecular flexibility index (Phi) is 2.78. The summed E-state index contributed by atoms with van der Waals surface area (Å²) in [5.41, 5.74) is 1.88. The second kappa shape index (κ2) is 4.49. The number of hydrogen-bond donors (Lipinski definition) is 0. The Bertz CT molecular complexity index is 896. The Morgan fingerprint density at radius 3 is 2.82 bits per heavy atom. The van der Waals surface area contributed by atoms with E-state index in [1.165, 1.54) is 24.5 Å². The topological polar surface area (TPSA) is 7.94 Å². The van der Waals surface area contributed by atoms with Gasteiger partial charge in [-0.05, 0) is 36.5 Å². The molecule has 3 heterocycles. The summed E-state index contributed by atoms with van der Waals surface area (Å²) in [5.74, 6) is -0.412. The maximum absolute atomic E-state index is 14.6. The molecular weight excluding hydrogens is 356 g/mol. The maximum atomic E-state index is 14.6. The summed E-state index contributed by atoms with van der Waals surface area (Å²) in [6.45, 7) is -3.93. The van der Waals surface area contributed by atoms with Gasteiger partial charge in [-0.1, -0.05) is 15.9 Å². The molecule has 110 valence electrons. The summed E-state index contributed by atoms with van der Waals surface area (Å²) < 4.78 is 45.5. The smallest absolute Gasteiger partial charge is 0.396 e.